The Balaban J connectivity index is 1.56. The van der Waals surface area contributed by atoms with Gasteiger partial charge in [0.05, 0.1) is 21.9 Å². The lowest BCUT2D eigenvalue weighted by Crippen LogP contribution is -2.50. The summed E-state index contributed by atoms with van der Waals surface area (Å²) in [6.45, 7) is 4.31. The van der Waals surface area contributed by atoms with Gasteiger partial charge < -0.3 is 9.42 Å². The summed E-state index contributed by atoms with van der Waals surface area (Å²) >= 11 is 0. The number of pyridine rings is 1. The Labute approximate surface area is 164 Å². The number of amides is 1. The number of nitrogens with zero attached hydrogens (tertiary/aromatic N) is 3. The topological polar surface area (TPSA) is 105 Å². The molecule has 8 nitrogen and oxygen atoms in total. The van der Waals surface area contributed by atoms with Crippen LogP contribution >= 0.6 is 0 Å². The normalized spacial score (nSPS) is 21.5. The quantitative estimate of drug-likeness (QED) is 0.835. The van der Waals surface area contributed by atoms with Gasteiger partial charge in [-0.15, -0.1) is 0 Å². The first-order chi connectivity index (χ1) is 13.3. The van der Waals surface area contributed by atoms with Crippen molar-refractivity contribution < 1.29 is 17.7 Å². The lowest BCUT2D eigenvalue weighted by Gasteiger charge is -2.33. The maximum Gasteiger partial charge on any atom is 0.258 e. The van der Waals surface area contributed by atoms with E-state index in [4.69, 9.17) is 4.52 Å². The molecule has 9 heteroatoms. The van der Waals surface area contributed by atoms with Crippen molar-refractivity contribution in [3.05, 3.63) is 23.0 Å². The molecule has 2 aliphatic rings. The number of sulfonamides is 1. The number of hydrogen-bond donors (Lipinski definition) is 1. The highest BCUT2D eigenvalue weighted by Crippen LogP contribution is 2.26. The van der Waals surface area contributed by atoms with Crippen LogP contribution in [-0.4, -0.2) is 53.7 Å². The van der Waals surface area contributed by atoms with Crippen molar-refractivity contribution >= 4 is 27.0 Å². The molecule has 0 radical (unpaired) electrons. The van der Waals surface area contributed by atoms with Gasteiger partial charge in [-0.2, -0.15) is 0 Å². The van der Waals surface area contributed by atoms with E-state index in [1.165, 1.54) is 0 Å². The minimum Gasteiger partial charge on any atom is -0.337 e. The number of aromatic nitrogens is 2. The van der Waals surface area contributed by atoms with Crippen LogP contribution in [0, 0.1) is 13.8 Å². The summed E-state index contributed by atoms with van der Waals surface area (Å²) in [5, 5.41) is 3.95. The fourth-order valence-electron chi connectivity index (χ4n) is 4.30. The molecule has 1 saturated carbocycles. The molecule has 0 spiro atoms. The SMILES string of the molecule is Cc1cc(C(=O)N2CCC[C@H](S(=O)(=O)NC3CCCC3)C2)c2c(C)noc2n1. The van der Waals surface area contributed by atoms with Gasteiger partial charge in [-0.05, 0) is 45.6 Å². The minimum absolute atomic E-state index is 0.0400. The molecule has 1 aliphatic carbocycles. The number of carbonyl (C=O) groups excluding carboxylic acids is 1. The van der Waals surface area contributed by atoms with E-state index in [0.29, 0.717) is 47.4 Å². The second kappa shape index (κ2) is 7.44. The van der Waals surface area contributed by atoms with Crippen molar-refractivity contribution in [3.8, 4) is 0 Å². The molecule has 1 N–H and O–H groups in total. The summed E-state index contributed by atoms with van der Waals surface area (Å²) in [6.07, 6.45) is 5.17. The third-order valence-electron chi connectivity index (χ3n) is 5.77. The smallest absolute Gasteiger partial charge is 0.258 e. The Morgan fingerprint density at radius 3 is 2.71 bits per heavy atom. The van der Waals surface area contributed by atoms with Crippen LogP contribution < -0.4 is 4.72 Å². The average molecular weight is 407 g/mol. The van der Waals surface area contributed by atoms with Crippen molar-refractivity contribution in [1.29, 1.82) is 0 Å². The van der Waals surface area contributed by atoms with Crippen LogP contribution in [0.3, 0.4) is 0 Å². The largest absolute Gasteiger partial charge is 0.337 e. The first-order valence-electron chi connectivity index (χ1n) is 9.89. The van der Waals surface area contributed by atoms with E-state index >= 15 is 0 Å². The van der Waals surface area contributed by atoms with Gasteiger partial charge in [0.2, 0.25) is 10.0 Å². The van der Waals surface area contributed by atoms with Crippen molar-refractivity contribution in [1.82, 2.24) is 19.8 Å². The summed E-state index contributed by atoms with van der Waals surface area (Å²) in [6, 6.07) is 1.77. The van der Waals surface area contributed by atoms with Crippen LogP contribution in [0.2, 0.25) is 0 Å². The summed E-state index contributed by atoms with van der Waals surface area (Å²) in [7, 11) is -3.45. The molecular weight excluding hydrogens is 380 g/mol. The Hall–Kier alpha value is -2.00. The minimum atomic E-state index is -3.45. The molecule has 2 aromatic rings. The molecule has 1 atom stereocenters. The van der Waals surface area contributed by atoms with E-state index in [2.05, 4.69) is 14.9 Å². The lowest BCUT2D eigenvalue weighted by molar-refractivity contribution is 0.0728. The van der Waals surface area contributed by atoms with Gasteiger partial charge >= 0.3 is 0 Å². The molecule has 0 unspecified atom stereocenters. The molecule has 1 amide bonds. The number of piperidine rings is 1. The van der Waals surface area contributed by atoms with Gasteiger partial charge in [-0.3, -0.25) is 4.79 Å². The second-order valence-corrected chi connectivity index (χ2v) is 9.91. The van der Waals surface area contributed by atoms with Crippen LogP contribution in [0.1, 0.15) is 60.3 Å². The monoisotopic (exact) mass is 406 g/mol. The highest BCUT2D eigenvalue weighted by molar-refractivity contribution is 7.90. The van der Waals surface area contributed by atoms with E-state index in [9.17, 15) is 13.2 Å². The number of likely N-dealkylation sites (tertiary alicyclic amines) is 1. The summed E-state index contributed by atoms with van der Waals surface area (Å²) in [4.78, 5) is 19.2. The number of hydrogen-bond acceptors (Lipinski definition) is 6. The zero-order valence-corrected chi connectivity index (χ0v) is 17.1. The second-order valence-electron chi connectivity index (χ2n) is 7.92. The molecule has 1 aliphatic heterocycles. The van der Waals surface area contributed by atoms with Crippen LogP contribution in [0.15, 0.2) is 10.6 Å². The predicted octanol–water partition coefficient (Wildman–Crippen LogP) is 2.31. The molecular formula is C19H26N4O4S. The molecule has 28 heavy (non-hydrogen) atoms. The van der Waals surface area contributed by atoms with E-state index in [1.807, 2.05) is 0 Å². The van der Waals surface area contributed by atoms with Crippen LogP contribution in [0.5, 0.6) is 0 Å². The summed E-state index contributed by atoms with van der Waals surface area (Å²) in [5.41, 5.74) is 2.08. The van der Waals surface area contributed by atoms with Crippen LogP contribution in [0.25, 0.3) is 11.1 Å². The van der Waals surface area contributed by atoms with Crippen molar-refractivity contribution in [2.75, 3.05) is 13.1 Å². The fourth-order valence-corrected chi connectivity index (χ4v) is 6.05. The van der Waals surface area contributed by atoms with Gasteiger partial charge in [0.25, 0.3) is 11.6 Å². The zero-order valence-electron chi connectivity index (χ0n) is 16.3. The van der Waals surface area contributed by atoms with Crippen LogP contribution in [0.4, 0.5) is 0 Å². The Morgan fingerprint density at radius 1 is 1.21 bits per heavy atom. The molecule has 2 fully saturated rings. The first-order valence-corrected chi connectivity index (χ1v) is 11.4. The maximum atomic E-state index is 13.2. The summed E-state index contributed by atoms with van der Waals surface area (Å²) in [5.74, 6) is -0.192. The summed E-state index contributed by atoms with van der Waals surface area (Å²) < 4.78 is 33.8. The van der Waals surface area contributed by atoms with Gasteiger partial charge in [-0.25, -0.2) is 18.1 Å². The molecule has 3 heterocycles. The predicted molar refractivity (Wildman–Crippen MR) is 105 cm³/mol. The van der Waals surface area contributed by atoms with Crippen molar-refractivity contribution in [2.45, 2.75) is 63.7 Å². The van der Waals surface area contributed by atoms with E-state index in [0.717, 1.165) is 25.7 Å². The van der Waals surface area contributed by atoms with Crippen molar-refractivity contribution in [2.24, 2.45) is 0 Å². The zero-order chi connectivity index (χ0) is 19.9. The number of aryl methyl sites for hydroxylation is 2. The van der Waals surface area contributed by atoms with Gasteiger partial charge in [0, 0.05) is 24.8 Å². The lowest BCUT2D eigenvalue weighted by atomic mass is 10.1. The van der Waals surface area contributed by atoms with E-state index < -0.39 is 15.3 Å². The number of fused-ring (bicyclic) bond motifs is 1. The highest BCUT2D eigenvalue weighted by atomic mass is 32.2. The fraction of sp³-hybridized carbons (Fsp3) is 0.632. The number of rotatable bonds is 4. The van der Waals surface area contributed by atoms with E-state index in [-0.39, 0.29) is 18.5 Å². The highest BCUT2D eigenvalue weighted by Gasteiger charge is 2.35. The molecule has 1 saturated heterocycles. The van der Waals surface area contributed by atoms with Gasteiger partial charge in [0.15, 0.2) is 0 Å². The van der Waals surface area contributed by atoms with Gasteiger partial charge in [-0.1, -0.05) is 18.0 Å². The number of nitrogens with one attached hydrogen (secondary N) is 1. The molecule has 0 bridgehead atoms. The van der Waals surface area contributed by atoms with Gasteiger partial charge in [0.1, 0.15) is 0 Å². The first kappa shape index (κ1) is 19.3. The standard InChI is InChI=1S/C19H26N4O4S/c1-12-10-16(17-13(2)21-27-18(17)20-12)19(24)23-9-5-8-15(11-23)28(25,26)22-14-6-3-4-7-14/h10,14-15,22H,3-9,11H2,1-2H3/t15-/m0/s1. The Morgan fingerprint density at radius 2 is 1.96 bits per heavy atom. The third-order valence-corrected chi connectivity index (χ3v) is 7.69. The van der Waals surface area contributed by atoms with Crippen molar-refractivity contribution in [3.63, 3.8) is 0 Å². The maximum absolute atomic E-state index is 13.2. The number of carbonyl (C=O) groups is 1. The van der Waals surface area contributed by atoms with Crippen LogP contribution in [-0.2, 0) is 10.0 Å². The molecule has 2 aromatic heterocycles. The average Bonchev–Trinajstić information content (AvgIpc) is 3.30. The molecule has 0 aromatic carbocycles. The third kappa shape index (κ3) is 3.65. The Kier molecular flexibility index (Phi) is 5.13. The molecule has 152 valence electrons. The molecule has 4 rings (SSSR count). The van der Waals surface area contributed by atoms with E-state index in [1.54, 1.807) is 24.8 Å². The Bertz CT molecular complexity index is 995.